The Balaban J connectivity index is 1.49. The van der Waals surface area contributed by atoms with Crippen LogP contribution in [0.3, 0.4) is 0 Å². The number of rotatable bonds is 4. The fraction of sp³-hybridized carbons (Fsp3) is 0.400. The Morgan fingerprint density at radius 3 is 2.60 bits per heavy atom. The number of nitrogens with one attached hydrogen (secondary N) is 1. The summed E-state index contributed by atoms with van der Waals surface area (Å²) in [6, 6.07) is 1.65. The van der Waals surface area contributed by atoms with E-state index in [0.717, 1.165) is 0 Å². The molecule has 25 heavy (non-hydrogen) atoms. The maximum Gasteiger partial charge on any atom is 0.276 e. The molecule has 10 heteroatoms. The van der Waals surface area contributed by atoms with Crippen LogP contribution in [0, 0.1) is 6.92 Å². The topological polar surface area (TPSA) is 130 Å². The smallest absolute Gasteiger partial charge is 0.276 e. The molecule has 1 aliphatic rings. The number of anilines is 2. The Kier molecular flexibility index (Phi) is 4.89. The van der Waals surface area contributed by atoms with Crippen LogP contribution in [-0.2, 0) is 4.79 Å². The fourth-order valence-electron chi connectivity index (χ4n) is 2.58. The van der Waals surface area contributed by atoms with Crippen molar-refractivity contribution in [3.8, 4) is 0 Å². The molecule has 0 radical (unpaired) electrons. The van der Waals surface area contributed by atoms with Gasteiger partial charge in [-0.25, -0.2) is 9.97 Å². The van der Waals surface area contributed by atoms with Gasteiger partial charge in [-0.3, -0.25) is 14.5 Å². The van der Waals surface area contributed by atoms with E-state index in [1.165, 1.54) is 12.4 Å². The summed E-state index contributed by atoms with van der Waals surface area (Å²) < 4.78 is 4.90. The Morgan fingerprint density at radius 1 is 1.24 bits per heavy atom. The van der Waals surface area contributed by atoms with Gasteiger partial charge in [-0.1, -0.05) is 5.16 Å². The van der Waals surface area contributed by atoms with E-state index in [1.54, 1.807) is 17.9 Å². The van der Waals surface area contributed by atoms with E-state index in [1.807, 2.05) is 4.90 Å². The van der Waals surface area contributed by atoms with E-state index in [-0.39, 0.29) is 29.9 Å². The number of piperazine rings is 1. The molecule has 1 saturated heterocycles. The Morgan fingerprint density at radius 2 is 1.96 bits per heavy atom. The van der Waals surface area contributed by atoms with Gasteiger partial charge in [0.15, 0.2) is 17.3 Å². The highest BCUT2D eigenvalue weighted by molar-refractivity contribution is 5.96. The van der Waals surface area contributed by atoms with Gasteiger partial charge in [-0.2, -0.15) is 0 Å². The molecular formula is C15H19N7O3. The molecule has 132 valence electrons. The highest BCUT2D eigenvalue weighted by Gasteiger charge is 2.25. The van der Waals surface area contributed by atoms with Crippen molar-refractivity contribution in [1.29, 1.82) is 0 Å². The number of nitrogens with two attached hydrogens (primary N) is 1. The molecule has 0 aromatic carbocycles. The summed E-state index contributed by atoms with van der Waals surface area (Å²) in [7, 11) is 0. The van der Waals surface area contributed by atoms with Crippen LogP contribution in [0.4, 0.5) is 11.6 Å². The van der Waals surface area contributed by atoms with E-state index >= 15 is 0 Å². The van der Waals surface area contributed by atoms with Crippen LogP contribution < -0.4 is 11.1 Å². The predicted molar refractivity (Wildman–Crippen MR) is 88.7 cm³/mol. The van der Waals surface area contributed by atoms with Gasteiger partial charge >= 0.3 is 0 Å². The van der Waals surface area contributed by atoms with Gasteiger partial charge < -0.3 is 20.5 Å². The number of hydrogen-bond donors (Lipinski definition) is 2. The van der Waals surface area contributed by atoms with Crippen molar-refractivity contribution in [1.82, 2.24) is 24.9 Å². The molecule has 3 heterocycles. The van der Waals surface area contributed by atoms with Gasteiger partial charge in [0.2, 0.25) is 5.91 Å². The van der Waals surface area contributed by atoms with Crippen molar-refractivity contribution in [3.05, 3.63) is 29.9 Å². The van der Waals surface area contributed by atoms with Gasteiger partial charge in [0.05, 0.1) is 6.54 Å². The van der Waals surface area contributed by atoms with Crippen LogP contribution in [0.15, 0.2) is 23.0 Å². The van der Waals surface area contributed by atoms with Crippen molar-refractivity contribution < 1.29 is 14.1 Å². The normalized spacial score (nSPS) is 15.2. The molecule has 2 aromatic heterocycles. The van der Waals surface area contributed by atoms with Crippen LogP contribution in [0.25, 0.3) is 0 Å². The molecule has 1 fully saturated rings. The summed E-state index contributed by atoms with van der Waals surface area (Å²) in [6.07, 6.45) is 2.88. The Labute approximate surface area is 144 Å². The first-order chi connectivity index (χ1) is 12.0. The highest BCUT2D eigenvalue weighted by Crippen LogP contribution is 2.11. The molecule has 0 atom stereocenters. The summed E-state index contributed by atoms with van der Waals surface area (Å²) in [4.78, 5) is 35.9. The zero-order chi connectivity index (χ0) is 17.8. The number of hydrogen-bond acceptors (Lipinski definition) is 8. The van der Waals surface area contributed by atoms with Crippen molar-refractivity contribution in [2.75, 3.05) is 43.8 Å². The second kappa shape index (κ2) is 7.26. The Bertz CT molecular complexity index is 768. The Hall–Kier alpha value is -3.01. The zero-order valence-corrected chi connectivity index (χ0v) is 13.8. The van der Waals surface area contributed by atoms with E-state index in [0.29, 0.717) is 37.8 Å². The van der Waals surface area contributed by atoms with Gasteiger partial charge in [0.1, 0.15) is 5.76 Å². The number of nitrogen functional groups attached to an aromatic ring is 1. The minimum Gasteiger partial charge on any atom is -0.382 e. The average molecular weight is 345 g/mol. The van der Waals surface area contributed by atoms with E-state index in [9.17, 15) is 9.59 Å². The minimum absolute atomic E-state index is 0.122. The maximum atomic E-state index is 12.4. The van der Waals surface area contributed by atoms with Gasteiger partial charge in [-0.15, -0.1) is 0 Å². The first kappa shape index (κ1) is 16.8. The second-order valence-electron chi connectivity index (χ2n) is 5.73. The zero-order valence-electron chi connectivity index (χ0n) is 13.8. The van der Waals surface area contributed by atoms with Crippen molar-refractivity contribution >= 4 is 23.5 Å². The summed E-state index contributed by atoms with van der Waals surface area (Å²) in [6.45, 7) is 4.12. The standard InChI is InChI=1S/C15H19N7O3/c1-10-8-11(20-25-10)19-12(23)9-21-4-6-22(7-5-21)15(24)13-14(16)18-3-2-17-13/h2-3,8H,4-7,9H2,1H3,(H2,16,18)(H,19,20,23). The third-order valence-electron chi connectivity index (χ3n) is 3.85. The van der Waals surface area contributed by atoms with Crippen molar-refractivity contribution in [3.63, 3.8) is 0 Å². The number of aryl methyl sites for hydroxylation is 1. The molecule has 0 unspecified atom stereocenters. The lowest BCUT2D eigenvalue weighted by Crippen LogP contribution is -2.50. The summed E-state index contributed by atoms with van der Waals surface area (Å²) in [5.74, 6) is 0.733. The van der Waals surface area contributed by atoms with E-state index in [2.05, 4.69) is 20.4 Å². The molecule has 0 saturated carbocycles. The monoisotopic (exact) mass is 345 g/mol. The second-order valence-corrected chi connectivity index (χ2v) is 5.73. The van der Waals surface area contributed by atoms with Crippen LogP contribution in [-0.4, -0.2) is 69.5 Å². The average Bonchev–Trinajstić information content (AvgIpc) is 3.00. The van der Waals surface area contributed by atoms with Crippen LogP contribution in [0.5, 0.6) is 0 Å². The van der Waals surface area contributed by atoms with Gasteiger partial charge in [0.25, 0.3) is 5.91 Å². The van der Waals surface area contributed by atoms with Gasteiger partial charge in [-0.05, 0) is 6.92 Å². The molecule has 2 aromatic rings. The largest absolute Gasteiger partial charge is 0.382 e. The third-order valence-corrected chi connectivity index (χ3v) is 3.85. The van der Waals surface area contributed by atoms with Crippen LogP contribution in [0.1, 0.15) is 16.2 Å². The van der Waals surface area contributed by atoms with Crippen molar-refractivity contribution in [2.24, 2.45) is 0 Å². The maximum absolute atomic E-state index is 12.4. The van der Waals surface area contributed by atoms with Crippen LogP contribution >= 0.6 is 0 Å². The number of aromatic nitrogens is 3. The predicted octanol–water partition coefficient (Wildman–Crippen LogP) is -0.248. The molecule has 2 amide bonds. The fourth-order valence-corrected chi connectivity index (χ4v) is 2.58. The SMILES string of the molecule is Cc1cc(NC(=O)CN2CCN(C(=O)c3nccnc3N)CC2)no1. The van der Waals surface area contributed by atoms with E-state index < -0.39 is 0 Å². The quantitative estimate of drug-likeness (QED) is 0.776. The highest BCUT2D eigenvalue weighted by atomic mass is 16.5. The molecule has 3 rings (SSSR count). The molecule has 0 spiro atoms. The van der Waals surface area contributed by atoms with Crippen molar-refractivity contribution in [2.45, 2.75) is 6.92 Å². The third kappa shape index (κ3) is 4.10. The summed E-state index contributed by atoms with van der Waals surface area (Å²) in [5.41, 5.74) is 5.86. The number of amides is 2. The molecule has 3 N–H and O–H groups in total. The van der Waals surface area contributed by atoms with Gasteiger partial charge in [0, 0.05) is 44.6 Å². The number of carbonyl (C=O) groups is 2. The van der Waals surface area contributed by atoms with Crippen LogP contribution in [0.2, 0.25) is 0 Å². The molecular weight excluding hydrogens is 326 g/mol. The molecule has 10 nitrogen and oxygen atoms in total. The number of carbonyl (C=O) groups excluding carboxylic acids is 2. The minimum atomic E-state index is -0.243. The molecule has 0 aliphatic carbocycles. The number of nitrogens with zero attached hydrogens (tertiary/aromatic N) is 5. The van der Waals surface area contributed by atoms with E-state index in [4.69, 9.17) is 10.3 Å². The lowest BCUT2D eigenvalue weighted by Gasteiger charge is -2.34. The lowest BCUT2D eigenvalue weighted by molar-refractivity contribution is -0.117. The summed E-state index contributed by atoms with van der Waals surface area (Å²) >= 11 is 0. The molecule has 1 aliphatic heterocycles. The lowest BCUT2D eigenvalue weighted by atomic mass is 10.2. The molecule has 0 bridgehead atoms. The first-order valence-corrected chi connectivity index (χ1v) is 7.84. The summed E-state index contributed by atoms with van der Waals surface area (Å²) in [5, 5.41) is 6.40. The first-order valence-electron chi connectivity index (χ1n) is 7.84.